The smallest absolute Gasteiger partial charge is 0.273 e. The Balaban J connectivity index is 1.66. The molecule has 3 N–H and O–H groups in total. The van der Waals surface area contributed by atoms with Gasteiger partial charge in [0, 0.05) is 12.2 Å². The van der Waals surface area contributed by atoms with E-state index in [0.29, 0.717) is 26.5 Å². The van der Waals surface area contributed by atoms with Crippen LogP contribution in [0.4, 0.5) is 22.0 Å². The third-order valence-corrected chi connectivity index (χ3v) is 5.49. The number of benzene rings is 1. The summed E-state index contributed by atoms with van der Waals surface area (Å²) in [5, 5.41) is 2.93. The normalized spacial score (nSPS) is 11.0. The van der Waals surface area contributed by atoms with Crippen LogP contribution in [0.2, 0.25) is 0 Å². The first kappa shape index (κ1) is 19.8. The molecule has 0 aliphatic rings. The highest BCUT2D eigenvalue weighted by Crippen LogP contribution is 2.18. The van der Waals surface area contributed by atoms with Gasteiger partial charge >= 0.3 is 0 Å². The minimum atomic E-state index is -0.358. The van der Waals surface area contributed by atoms with Crippen molar-refractivity contribution in [2.75, 3.05) is 11.1 Å². The van der Waals surface area contributed by atoms with Gasteiger partial charge in [0.05, 0.1) is 6.54 Å². The van der Waals surface area contributed by atoms with E-state index in [2.05, 4.69) is 31.8 Å². The molecule has 0 amide bonds. The number of anilines is 3. The largest absolute Gasteiger partial charge is 0.368 e. The van der Waals surface area contributed by atoms with Gasteiger partial charge in [-0.05, 0) is 36.5 Å². The molecule has 0 aliphatic carbocycles. The maximum absolute atomic E-state index is 13.1. The van der Waals surface area contributed by atoms with Gasteiger partial charge in [0.2, 0.25) is 11.9 Å². The molecule has 0 bridgehead atoms. The third-order valence-electron chi connectivity index (χ3n) is 4.07. The van der Waals surface area contributed by atoms with Crippen LogP contribution in [0, 0.1) is 9.77 Å². The lowest BCUT2D eigenvalue weighted by Crippen LogP contribution is -2.22. The zero-order valence-electron chi connectivity index (χ0n) is 15.4. The molecule has 0 aliphatic heterocycles. The molecule has 0 spiro atoms. The highest BCUT2D eigenvalue weighted by atomic mass is 32.1. The first-order chi connectivity index (χ1) is 14.4. The Bertz CT molecular complexity index is 1360. The predicted molar refractivity (Wildman–Crippen MR) is 116 cm³/mol. The maximum Gasteiger partial charge on any atom is 0.273 e. The zero-order valence-corrected chi connectivity index (χ0v) is 17.1. The monoisotopic (exact) mass is 442 g/mol. The third kappa shape index (κ3) is 3.95. The van der Waals surface area contributed by atoms with Crippen molar-refractivity contribution in [3.63, 3.8) is 0 Å². The van der Waals surface area contributed by atoms with Gasteiger partial charge in [-0.25, -0.2) is 9.37 Å². The Morgan fingerprint density at radius 3 is 2.77 bits per heavy atom. The van der Waals surface area contributed by atoms with E-state index in [1.165, 1.54) is 34.4 Å². The van der Waals surface area contributed by atoms with Crippen LogP contribution in [-0.2, 0) is 13.1 Å². The topological polar surface area (TPSA) is 117 Å². The van der Waals surface area contributed by atoms with Gasteiger partial charge in [-0.2, -0.15) is 15.0 Å². The summed E-state index contributed by atoms with van der Waals surface area (Å²) < 4.78 is 17.2. The van der Waals surface area contributed by atoms with Crippen molar-refractivity contribution < 1.29 is 4.39 Å². The molecule has 0 saturated carbocycles. The van der Waals surface area contributed by atoms with Gasteiger partial charge < -0.3 is 15.6 Å². The summed E-state index contributed by atoms with van der Waals surface area (Å²) in [5.41, 5.74) is 6.62. The number of nitrogens with two attached hydrogens (primary N) is 1. The molecule has 0 unspecified atom stereocenters. The highest BCUT2D eigenvalue weighted by molar-refractivity contribution is 7.73. The minimum absolute atomic E-state index is 0.0144. The SMILES string of the molecule is C=CCn1c(=S)sc2c(=O)n(Cc3nc(N)nc(Nc4ccc(F)cc4)n3)cnc21. The highest BCUT2D eigenvalue weighted by Gasteiger charge is 2.13. The van der Waals surface area contributed by atoms with E-state index in [0.717, 1.165) is 0 Å². The fraction of sp³-hybridized carbons (Fsp3) is 0.111. The van der Waals surface area contributed by atoms with Crippen molar-refractivity contribution in [2.45, 2.75) is 13.1 Å². The van der Waals surface area contributed by atoms with Crippen molar-refractivity contribution in [1.29, 1.82) is 0 Å². The van der Waals surface area contributed by atoms with Crippen LogP contribution in [0.3, 0.4) is 0 Å². The average Bonchev–Trinajstić information content (AvgIpc) is 3.02. The lowest BCUT2D eigenvalue weighted by Gasteiger charge is -2.09. The molecule has 3 aromatic heterocycles. The van der Waals surface area contributed by atoms with E-state index in [1.54, 1.807) is 22.8 Å². The molecule has 30 heavy (non-hydrogen) atoms. The molecule has 0 saturated heterocycles. The zero-order chi connectivity index (χ0) is 21.3. The summed E-state index contributed by atoms with van der Waals surface area (Å²) >= 11 is 6.51. The molecule has 0 radical (unpaired) electrons. The second-order valence-corrected chi connectivity index (χ2v) is 7.81. The summed E-state index contributed by atoms with van der Waals surface area (Å²) in [7, 11) is 0. The number of nitrogens with zero attached hydrogens (tertiary/aromatic N) is 6. The van der Waals surface area contributed by atoms with E-state index in [4.69, 9.17) is 18.0 Å². The van der Waals surface area contributed by atoms with Crippen molar-refractivity contribution >= 4 is 51.5 Å². The predicted octanol–water partition coefficient (Wildman–Crippen LogP) is 2.87. The molecule has 0 atom stereocenters. The number of halogens is 1. The molecule has 4 aromatic rings. The number of thiazole rings is 1. The molecule has 1 aromatic carbocycles. The number of rotatable bonds is 6. The Hall–Kier alpha value is -3.51. The Kier molecular flexibility index (Phi) is 5.33. The summed E-state index contributed by atoms with van der Waals surface area (Å²) in [6, 6.07) is 5.70. The van der Waals surface area contributed by atoms with Crippen molar-refractivity contribution in [3.8, 4) is 0 Å². The van der Waals surface area contributed by atoms with Crippen LogP contribution in [0.1, 0.15) is 5.82 Å². The second-order valence-electron chi connectivity index (χ2n) is 6.16. The van der Waals surface area contributed by atoms with Crippen LogP contribution in [0.25, 0.3) is 10.3 Å². The number of allylic oxidation sites excluding steroid dienone is 1. The average molecular weight is 443 g/mol. The number of nitrogen functional groups attached to an aromatic ring is 1. The number of fused-ring (bicyclic) bond motifs is 1. The second kappa shape index (κ2) is 8.08. The van der Waals surface area contributed by atoms with Gasteiger partial charge in [0.15, 0.2) is 15.4 Å². The molecular formula is C18H15FN8OS2. The van der Waals surface area contributed by atoms with Crippen LogP contribution in [-0.4, -0.2) is 29.1 Å². The van der Waals surface area contributed by atoms with Crippen molar-refractivity contribution in [1.82, 2.24) is 29.1 Å². The standard InChI is InChI=1S/C18H15FN8OS2/c1-2-7-27-14-13(30-18(27)29)15(28)26(9-21-14)8-12-23-16(20)25-17(24-12)22-11-5-3-10(19)4-6-11/h2-6,9H,1,7-8H2,(H3,20,22,23,24,25). The number of aromatic nitrogens is 6. The molecule has 3 heterocycles. The summed E-state index contributed by atoms with van der Waals surface area (Å²) in [5.74, 6) is 0.0758. The number of hydrogen-bond donors (Lipinski definition) is 2. The number of nitrogens with one attached hydrogen (secondary N) is 1. The van der Waals surface area contributed by atoms with Gasteiger partial charge in [0.1, 0.15) is 16.8 Å². The fourth-order valence-electron chi connectivity index (χ4n) is 2.75. The van der Waals surface area contributed by atoms with Crippen LogP contribution >= 0.6 is 23.6 Å². The molecule has 152 valence electrons. The fourth-order valence-corrected chi connectivity index (χ4v) is 4.07. The van der Waals surface area contributed by atoms with E-state index >= 15 is 0 Å². The van der Waals surface area contributed by atoms with Gasteiger partial charge in [-0.3, -0.25) is 9.36 Å². The van der Waals surface area contributed by atoms with Crippen LogP contribution in [0.15, 0.2) is 48.0 Å². The van der Waals surface area contributed by atoms with Gasteiger partial charge in [-0.15, -0.1) is 6.58 Å². The van der Waals surface area contributed by atoms with E-state index in [9.17, 15) is 9.18 Å². The van der Waals surface area contributed by atoms with Crippen molar-refractivity contribution in [2.24, 2.45) is 0 Å². The first-order valence-corrected chi connectivity index (χ1v) is 9.90. The van der Waals surface area contributed by atoms with Crippen molar-refractivity contribution in [3.05, 3.63) is 69.2 Å². The lowest BCUT2D eigenvalue weighted by atomic mass is 10.3. The quantitative estimate of drug-likeness (QED) is 0.346. The summed E-state index contributed by atoms with van der Waals surface area (Å²) in [4.78, 5) is 29.7. The van der Waals surface area contributed by atoms with E-state index in [1.807, 2.05) is 0 Å². The van der Waals surface area contributed by atoms with E-state index < -0.39 is 0 Å². The summed E-state index contributed by atoms with van der Waals surface area (Å²) in [6.07, 6.45) is 3.11. The van der Waals surface area contributed by atoms with Crippen LogP contribution in [0.5, 0.6) is 0 Å². The first-order valence-electron chi connectivity index (χ1n) is 8.67. The maximum atomic E-state index is 13.1. The molecule has 0 fully saturated rings. The molecular weight excluding hydrogens is 427 g/mol. The lowest BCUT2D eigenvalue weighted by molar-refractivity contribution is 0.628. The number of hydrogen-bond acceptors (Lipinski definition) is 9. The Labute approximate surface area is 178 Å². The minimum Gasteiger partial charge on any atom is -0.368 e. The van der Waals surface area contributed by atoms with Gasteiger partial charge in [0.25, 0.3) is 5.56 Å². The molecule has 12 heteroatoms. The van der Waals surface area contributed by atoms with E-state index in [-0.39, 0.29) is 35.6 Å². The summed E-state index contributed by atoms with van der Waals surface area (Å²) in [6.45, 7) is 4.21. The Morgan fingerprint density at radius 2 is 2.03 bits per heavy atom. The van der Waals surface area contributed by atoms with Gasteiger partial charge in [-0.1, -0.05) is 17.4 Å². The van der Waals surface area contributed by atoms with Crippen LogP contribution < -0.4 is 16.6 Å². The molecule has 4 rings (SSSR count). The Morgan fingerprint density at radius 1 is 1.27 bits per heavy atom. The molecule has 9 nitrogen and oxygen atoms in total.